The zero-order chi connectivity index (χ0) is 27.6. The summed E-state index contributed by atoms with van der Waals surface area (Å²) in [7, 11) is 0. The van der Waals surface area contributed by atoms with Gasteiger partial charge in [0.1, 0.15) is 0 Å². The monoisotopic (exact) mass is 578 g/mol. The van der Waals surface area contributed by atoms with E-state index in [1.165, 1.54) is 12.1 Å². The van der Waals surface area contributed by atoms with Gasteiger partial charge in [0.2, 0.25) is 0 Å². The average molecular weight is 578 g/mol. The SMILES string of the molecule is CC#N.[Fe+4].[N-]=C=S.[O-]c1ccc2ccccc2c1C=NCCCNCCN=Cc1c([O-])ccc2ccccc12. The van der Waals surface area contributed by atoms with Crippen LogP contribution in [-0.2, 0) is 17.1 Å². The van der Waals surface area contributed by atoms with Gasteiger partial charge in [-0.25, -0.2) is 0 Å². The summed E-state index contributed by atoms with van der Waals surface area (Å²) in [6, 6.07) is 24.3. The third-order valence-electron chi connectivity index (χ3n) is 5.36. The van der Waals surface area contributed by atoms with Crippen molar-refractivity contribution in [1.29, 1.82) is 5.26 Å². The zero-order valence-electron chi connectivity index (χ0n) is 21.5. The quantitative estimate of drug-likeness (QED) is 0.132. The van der Waals surface area contributed by atoms with Crippen LogP contribution in [0.2, 0.25) is 0 Å². The number of nitrogens with zero attached hydrogens (tertiary/aromatic N) is 4. The number of aliphatic imine (C=N–C) groups is 2. The molecule has 0 fully saturated rings. The van der Waals surface area contributed by atoms with Crippen molar-refractivity contribution >= 4 is 51.4 Å². The van der Waals surface area contributed by atoms with E-state index in [0.717, 1.165) is 41.1 Å². The van der Waals surface area contributed by atoms with Crippen molar-refractivity contribution in [2.45, 2.75) is 13.3 Å². The number of hydrogen-bond acceptors (Lipinski definition) is 7. The van der Waals surface area contributed by atoms with Gasteiger partial charge in [-0.1, -0.05) is 96.5 Å². The Bertz CT molecular complexity index is 1360. The Morgan fingerprint density at radius 2 is 1.26 bits per heavy atom. The van der Waals surface area contributed by atoms with Crippen LogP contribution >= 0.6 is 12.2 Å². The molecule has 0 heterocycles. The number of nitrogens with one attached hydrogen (secondary N) is 1. The van der Waals surface area contributed by atoms with Crippen LogP contribution in [0.5, 0.6) is 11.5 Å². The first-order valence-corrected chi connectivity index (χ1v) is 12.4. The van der Waals surface area contributed by atoms with Gasteiger partial charge < -0.3 is 20.9 Å². The maximum atomic E-state index is 12.2. The smallest absolute Gasteiger partial charge is 0.872 e. The molecular formula is C30H28FeN5O2S+. The van der Waals surface area contributed by atoms with Crippen LogP contribution < -0.4 is 15.5 Å². The molecule has 0 aliphatic carbocycles. The van der Waals surface area contributed by atoms with E-state index in [4.69, 9.17) is 10.7 Å². The Labute approximate surface area is 244 Å². The van der Waals surface area contributed by atoms with Crippen LogP contribution in [0.25, 0.3) is 27.0 Å². The average Bonchev–Trinajstić information content (AvgIpc) is 2.92. The van der Waals surface area contributed by atoms with Gasteiger partial charge in [-0.05, 0) is 45.6 Å². The van der Waals surface area contributed by atoms with E-state index in [1.54, 1.807) is 30.6 Å². The second kappa shape index (κ2) is 19.2. The fraction of sp³-hybridized carbons (Fsp3) is 0.200. The van der Waals surface area contributed by atoms with E-state index in [0.29, 0.717) is 24.2 Å². The molecule has 0 aromatic heterocycles. The molecule has 0 bridgehead atoms. The molecule has 0 spiro atoms. The summed E-state index contributed by atoms with van der Waals surface area (Å²) >= 11 is 3.70. The first-order chi connectivity index (χ1) is 18.6. The normalized spacial score (nSPS) is 10.2. The van der Waals surface area contributed by atoms with E-state index in [1.807, 2.05) is 60.7 Å². The number of thiocarbonyl (C=S) groups is 1. The molecule has 4 rings (SSSR count). The van der Waals surface area contributed by atoms with Crippen LogP contribution in [0, 0.1) is 11.3 Å². The van der Waals surface area contributed by atoms with Crippen LogP contribution in [0.1, 0.15) is 24.5 Å². The van der Waals surface area contributed by atoms with Crippen LogP contribution in [-0.4, -0.2) is 43.8 Å². The molecule has 39 heavy (non-hydrogen) atoms. The molecule has 9 heteroatoms. The van der Waals surface area contributed by atoms with Gasteiger partial charge in [0.15, 0.2) is 0 Å². The summed E-state index contributed by atoms with van der Waals surface area (Å²) in [6.07, 6.45) is 4.24. The number of isothiocyanates is 1. The molecule has 0 amide bonds. The topological polar surface area (TPSA) is 129 Å². The Kier molecular flexibility index (Phi) is 16.3. The summed E-state index contributed by atoms with van der Waals surface area (Å²) in [4.78, 5) is 8.85. The standard InChI is InChI=1S/C27H27N3O2.C2H3N.CNS.Fe/c31-26-12-10-20-6-1-3-8-22(20)24(26)18-29-15-5-14-28-16-17-30-19-25-23-9-4-2-7-21(23)11-13-27(25)32;1-2-3;2-1-3;/h1-4,6-13,18-19,28,31-32H,5,14-17H2;1H3;;/q;;-1;+4/p-2. The molecule has 4 aromatic rings. The van der Waals surface area contributed by atoms with Crippen molar-refractivity contribution in [1.82, 2.24) is 5.32 Å². The van der Waals surface area contributed by atoms with Gasteiger partial charge in [-0.15, -0.1) is 0 Å². The van der Waals surface area contributed by atoms with Crippen molar-refractivity contribution < 1.29 is 27.3 Å². The molecule has 0 saturated carbocycles. The van der Waals surface area contributed by atoms with Crippen LogP contribution in [0.4, 0.5) is 0 Å². The second-order valence-corrected chi connectivity index (χ2v) is 8.07. The fourth-order valence-electron chi connectivity index (χ4n) is 3.69. The van der Waals surface area contributed by atoms with E-state index in [2.05, 4.69) is 27.5 Å². The van der Waals surface area contributed by atoms with E-state index >= 15 is 0 Å². The third kappa shape index (κ3) is 10.8. The Hall–Kier alpha value is -3.89. The van der Waals surface area contributed by atoms with Gasteiger partial charge in [0, 0.05) is 32.4 Å². The molecule has 0 aliphatic rings. The molecule has 0 saturated heterocycles. The first-order valence-electron chi connectivity index (χ1n) is 12.0. The summed E-state index contributed by atoms with van der Waals surface area (Å²) in [5, 5.41) is 47.4. The van der Waals surface area contributed by atoms with Crippen molar-refractivity contribution in [3.63, 3.8) is 0 Å². The summed E-state index contributed by atoms with van der Waals surface area (Å²) in [5.41, 5.74) is 1.29. The molecular weight excluding hydrogens is 550 g/mol. The predicted molar refractivity (Wildman–Crippen MR) is 156 cm³/mol. The molecule has 198 valence electrons. The minimum Gasteiger partial charge on any atom is -0.872 e. The summed E-state index contributed by atoms with van der Waals surface area (Å²) < 4.78 is 0. The number of rotatable bonds is 9. The molecule has 0 atom stereocenters. The maximum Gasteiger partial charge on any atom is 4.00 e. The largest absolute Gasteiger partial charge is 4.00 e. The minimum absolute atomic E-state index is 0. The molecule has 0 radical (unpaired) electrons. The van der Waals surface area contributed by atoms with Crippen LogP contribution in [0.15, 0.2) is 82.8 Å². The number of fused-ring (bicyclic) bond motifs is 2. The van der Waals surface area contributed by atoms with E-state index in [-0.39, 0.29) is 28.6 Å². The Morgan fingerprint density at radius 3 is 1.74 bits per heavy atom. The van der Waals surface area contributed by atoms with E-state index in [9.17, 15) is 10.2 Å². The number of nitriles is 1. The second-order valence-electron chi connectivity index (χ2n) is 7.89. The van der Waals surface area contributed by atoms with Gasteiger partial charge in [0.05, 0.1) is 12.6 Å². The number of benzene rings is 4. The molecule has 1 N–H and O–H groups in total. The Morgan fingerprint density at radius 1 is 0.821 bits per heavy atom. The first kappa shape index (κ1) is 33.1. The zero-order valence-corrected chi connectivity index (χ0v) is 23.4. The molecule has 0 unspecified atom stereocenters. The van der Waals surface area contributed by atoms with Crippen molar-refractivity contribution in [2.24, 2.45) is 9.98 Å². The molecule has 4 aromatic carbocycles. The third-order valence-corrected chi connectivity index (χ3v) is 5.36. The minimum atomic E-state index is -0.00861. The van der Waals surface area contributed by atoms with Crippen LogP contribution in [0.3, 0.4) is 0 Å². The van der Waals surface area contributed by atoms with Gasteiger partial charge in [-0.2, -0.15) is 10.4 Å². The number of hydrogen-bond donors (Lipinski definition) is 1. The van der Waals surface area contributed by atoms with Gasteiger partial charge in [0.25, 0.3) is 0 Å². The predicted octanol–water partition coefficient (Wildman–Crippen LogP) is 4.84. The molecule has 7 nitrogen and oxygen atoms in total. The van der Waals surface area contributed by atoms with Crippen molar-refractivity contribution in [3.8, 4) is 17.6 Å². The van der Waals surface area contributed by atoms with Crippen molar-refractivity contribution in [3.05, 3.63) is 89.3 Å². The van der Waals surface area contributed by atoms with Crippen molar-refractivity contribution in [2.75, 3.05) is 26.2 Å². The van der Waals surface area contributed by atoms with Gasteiger partial charge >= 0.3 is 17.1 Å². The molecule has 0 aliphatic heterocycles. The van der Waals surface area contributed by atoms with E-state index < -0.39 is 0 Å². The fourth-order valence-corrected chi connectivity index (χ4v) is 3.69. The summed E-state index contributed by atoms with van der Waals surface area (Å²) in [6.45, 7) is 4.22. The van der Waals surface area contributed by atoms with Gasteiger partial charge in [-0.3, -0.25) is 9.98 Å². The summed E-state index contributed by atoms with van der Waals surface area (Å²) in [5.74, 6) is -0.0124. The maximum absolute atomic E-state index is 12.2. The Balaban J connectivity index is 0.000000997.